The van der Waals surface area contributed by atoms with Crippen LogP contribution in [0.3, 0.4) is 0 Å². The molecule has 0 aromatic carbocycles. The number of carbonyl (C=O) groups excluding carboxylic acids is 2. The first-order chi connectivity index (χ1) is 12.6. The number of carbonyl (C=O) groups is 2. The zero-order valence-corrected chi connectivity index (χ0v) is 15.8. The maximum Gasteiger partial charge on any atom is 0.270 e. The molecular formula is C19H24N4O2S. The van der Waals surface area contributed by atoms with Crippen LogP contribution < -0.4 is 5.32 Å². The molecule has 1 atom stereocenters. The number of hydrogen-bond donors (Lipinski definition) is 1. The Bertz CT molecular complexity index is 812. The van der Waals surface area contributed by atoms with E-state index in [4.69, 9.17) is 0 Å². The molecule has 1 aliphatic heterocycles. The minimum absolute atomic E-state index is 0.00528. The molecule has 1 N–H and O–H groups in total. The van der Waals surface area contributed by atoms with Crippen LogP contribution in [0.4, 0.5) is 0 Å². The Balaban J connectivity index is 1.45. The monoisotopic (exact) mass is 372 g/mol. The zero-order chi connectivity index (χ0) is 18.1. The van der Waals surface area contributed by atoms with Crippen molar-refractivity contribution in [2.75, 3.05) is 13.1 Å². The largest absolute Gasteiger partial charge is 0.346 e. The highest BCUT2D eigenvalue weighted by molar-refractivity contribution is 7.12. The molecule has 0 saturated carbocycles. The normalized spacial score (nSPS) is 19.9. The minimum atomic E-state index is -0.0569. The van der Waals surface area contributed by atoms with E-state index in [2.05, 4.69) is 10.4 Å². The van der Waals surface area contributed by atoms with Crippen LogP contribution in [0, 0.1) is 0 Å². The summed E-state index contributed by atoms with van der Waals surface area (Å²) < 4.78 is 1.72. The molecule has 2 aromatic heterocycles. The van der Waals surface area contributed by atoms with E-state index in [9.17, 15) is 9.59 Å². The maximum absolute atomic E-state index is 12.9. The number of hydrogen-bond acceptors (Lipinski definition) is 4. The molecule has 2 aliphatic rings. The highest BCUT2D eigenvalue weighted by Gasteiger charge is 2.29. The fourth-order valence-electron chi connectivity index (χ4n) is 4.05. The number of piperidine rings is 1. The van der Waals surface area contributed by atoms with Crippen LogP contribution in [-0.2, 0) is 19.9 Å². The molecule has 2 amide bonds. The Hall–Kier alpha value is -2.15. The Kier molecular flexibility index (Phi) is 4.80. The first kappa shape index (κ1) is 17.3. The van der Waals surface area contributed by atoms with Crippen molar-refractivity contribution in [3.8, 4) is 0 Å². The van der Waals surface area contributed by atoms with Gasteiger partial charge in [-0.2, -0.15) is 5.10 Å². The molecular weight excluding hydrogens is 348 g/mol. The van der Waals surface area contributed by atoms with Gasteiger partial charge in [-0.05, 0) is 50.0 Å². The summed E-state index contributed by atoms with van der Waals surface area (Å²) in [5, 5.41) is 9.61. The molecule has 7 heteroatoms. The lowest BCUT2D eigenvalue weighted by Crippen LogP contribution is -2.49. The van der Waals surface area contributed by atoms with Gasteiger partial charge in [0.2, 0.25) is 0 Å². The summed E-state index contributed by atoms with van der Waals surface area (Å²) >= 11 is 1.47. The Labute approximate surface area is 157 Å². The van der Waals surface area contributed by atoms with Crippen molar-refractivity contribution in [2.24, 2.45) is 7.05 Å². The maximum atomic E-state index is 12.9. The first-order valence-corrected chi connectivity index (χ1v) is 10.2. The van der Waals surface area contributed by atoms with Crippen LogP contribution in [0.25, 0.3) is 0 Å². The molecule has 1 saturated heterocycles. The summed E-state index contributed by atoms with van der Waals surface area (Å²) in [4.78, 5) is 28.1. The highest BCUT2D eigenvalue weighted by Crippen LogP contribution is 2.24. The number of aryl methyl sites for hydroxylation is 2. The van der Waals surface area contributed by atoms with Gasteiger partial charge < -0.3 is 10.2 Å². The molecule has 0 bridgehead atoms. The smallest absolute Gasteiger partial charge is 0.270 e. The van der Waals surface area contributed by atoms with E-state index in [1.165, 1.54) is 11.3 Å². The number of nitrogens with one attached hydrogen (secondary N) is 1. The number of nitrogens with zero attached hydrogens (tertiary/aromatic N) is 3. The van der Waals surface area contributed by atoms with Gasteiger partial charge >= 0.3 is 0 Å². The molecule has 0 radical (unpaired) electrons. The molecule has 0 unspecified atom stereocenters. The van der Waals surface area contributed by atoms with Crippen LogP contribution in [0.2, 0.25) is 0 Å². The minimum Gasteiger partial charge on any atom is -0.346 e. The van der Waals surface area contributed by atoms with E-state index >= 15 is 0 Å². The van der Waals surface area contributed by atoms with Crippen molar-refractivity contribution in [1.29, 1.82) is 0 Å². The lowest BCUT2D eigenvalue weighted by Gasteiger charge is -2.33. The summed E-state index contributed by atoms with van der Waals surface area (Å²) in [5.41, 5.74) is 2.88. The number of rotatable bonds is 3. The summed E-state index contributed by atoms with van der Waals surface area (Å²) in [6.45, 7) is 1.33. The third-order valence-electron chi connectivity index (χ3n) is 5.31. The molecule has 0 spiro atoms. The second-order valence-corrected chi connectivity index (χ2v) is 8.09. The zero-order valence-electron chi connectivity index (χ0n) is 15.0. The predicted molar refractivity (Wildman–Crippen MR) is 101 cm³/mol. The van der Waals surface area contributed by atoms with E-state index in [1.54, 1.807) is 4.68 Å². The highest BCUT2D eigenvalue weighted by atomic mass is 32.1. The Morgan fingerprint density at radius 1 is 1.27 bits per heavy atom. The van der Waals surface area contributed by atoms with Crippen LogP contribution >= 0.6 is 11.3 Å². The van der Waals surface area contributed by atoms with E-state index in [0.717, 1.165) is 61.2 Å². The van der Waals surface area contributed by atoms with Gasteiger partial charge in [0.1, 0.15) is 5.69 Å². The third kappa shape index (κ3) is 3.28. The van der Waals surface area contributed by atoms with Crippen molar-refractivity contribution < 1.29 is 9.59 Å². The van der Waals surface area contributed by atoms with Crippen molar-refractivity contribution >= 4 is 23.2 Å². The van der Waals surface area contributed by atoms with E-state index in [1.807, 2.05) is 29.5 Å². The summed E-state index contributed by atoms with van der Waals surface area (Å²) in [5.74, 6) is 0.00966. The van der Waals surface area contributed by atoms with Crippen molar-refractivity contribution in [1.82, 2.24) is 20.0 Å². The molecule has 6 nitrogen and oxygen atoms in total. The SMILES string of the molecule is Cn1nc2c(c1C(=O)N[C@H]1CCCN(C(=O)c3cccs3)C1)CCCC2. The van der Waals surface area contributed by atoms with Gasteiger partial charge in [-0.1, -0.05) is 6.07 Å². The van der Waals surface area contributed by atoms with Crippen LogP contribution in [0.15, 0.2) is 17.5 Å². The van der Waals surface area contributed by atoms with Gasteiger partial charge in [0.15, 0.2) is 0 Å². The summed E-state index contributed by atoms with van der Waals surface area (Å²) in [7, 11) is 1.85. The lowest BCUT2D eigenvalue weighted by molar-refractivity contribution is 0.0679. The molecule has 26 heavy (non-hydrogen) atoms. The average molecular weight is 372 g/mol. The quantitative estimate of drug-likeness (QED) is 0.900. The van der Waals surface area contributed by atoms with Gasteiger partial charge in [0.05, 0.1) is 10.6 Å². The molecule has 1 fully saturated rings. The topological polar surface area (TPSA) is 67.2 Å². The van der Waals surface area contributed by atoms with Gasteiger partial charge in [-0.3, -0.25) is 14.3 Å². The molecule has 138 valence electrons. The first-order valence-electron chi connectivity index (χ1n) is 9.32. The van der Waals surface area contributed by atoms with Gasteiger partial charge in [0.25, 0.3) is 11.8 Å². The van der Waals surface area contributed by atoms with E-state index in [0.29, 0.717) is 12.2 Å². The summed E-state index contributed by atoms with van der Waals surface area (Å²) in [6, 6.07) is 3.75. The number of fused-ring (bicyclic) bond motifs is 1. The number of likely N-dealkylation sites (tertiary alicyclic amines) is 1. The molecule has 4 rings (SSSR count). The Morgan fingerprint density at radius 3 is 2.92 bits per heavy atom. The predicted octanol–water partition coefficient (Wildman–Crippen LogP) is 2.40. The van der Waals surface area contributed by atoms with Gasteiger partial charge in [-0.25, -0.2) is 0 Å². The molecule has 3 heterocycles. The number of thiophene rings is 1. The number of aromatic nitrogens is 2. The van der Waals surface area contributed by atoms with Crippen LogP contribution in [0.1, 0.15) is 57.1 Å². The van der Waals surface area contributed by atoms with Crippen LogP contribution in [-0.4, -0.2) is 45.6 Å². The van der Waals surface area contributed by atoms with Gasteiger partial charge in [0, 0.05) is 31.7 Å². The fraction of sp³-hybridized carbons (Fsp3) is 0.526. The van der Waals surface area contributed by atoms with E-state index < -0.39 is 0 Å². The van der Waals surface area contributed by atoms with E-state index in [-0.39, 0.29) is 17.9 Å². The second kappa shape index (κ2) is 7.23. The second-order valence-electron chi connectivity index (χ2n) is 7.15. The average Bonchev–Trinajstić information content (AvgIpc) is 3.28. The fourth-order valence-corrected chi connectivity index (χ4v) is 4.75. The van der Waals surface area contributed by atoms with Crippen molar-refractivity contribution in [3.05, 3.63) is 39.3 Å². The molecule has 2 aromatic rings. The van der Waals surface area contributed by atoms with Crippen molar-refractivity contribution in [3.63, 3.8) is 0 Å². The standard InChI is InChI=1S/C19H24N4O2S/c1-22-17(14-7-2-3-8-15(14)21-22)18(24)20-13-6-4-10-23(12-13)19(25)16-9-5-11-26-16/h5,9,11,13H,2-4,6-8,10,12H2,1H3,(H,20,24)/t13-/m0/s1. The lowest BCUT2D eigenvalue weighted by atomic mass is 9.95. The van der Waals surface area contributed by atoms with Crippen LogP contribution in [0.5, 0.6) is 0 Å². The number of amides is 2. The van der Waals surface area contributed by atoms with Crippen molar-refractivity contribution in [2.45, 2.75) is 44.6 Å². The Morgan fingerprint density at radius 2 is 2.12 bits per heavy atom. The molecule has 1 aliphatic carbocycles. The summed E-state index contributed by atoms with van der Waals surface area (Å²) in [6.07, 6.45) is 5.97. The van der Waals surface area contributed by atoms with Gasteiger partial charge in [-0.15, -0.1) is 11.3 Å². The third-order valence-corrected chi connectivity index (χ3v) is 6.17.